The number of halogens is 2. The van der Waals surface area contributed by atoms with E-state index >= 15 is 0 Å². The monoisotopic (exact) mass is 364 g/mol. The van der Waals surface area contributed by atoms with E-state index < -0.39 is 0 Å². The fraction of sp³-hybridized carbons (Fsp3) is 0.316. The lowest BCUT2D eigenvalue weighted by molar-refractivity contribution is 0.304. The van der Waals surface area contributed by atoms with Crippen LogP contribution in [0.15, 0.2) is 47.6 Å². The summed E-state index contributed by atoms with van der Waals surface area (Å²) in [6.45, 7) is 2.93. The van der Waals surface area contributed by atoms with Gasteiger partial charge in [-0.1, -0.05) is 61.5 Å². The Morgan fingerprint density at radius 3 is 2.67 bits per heavy atom. The van der Waals surface area contributed by atoms with E-state index in [1.165, 1.54) is 19.3 Å². The molecule has 24 heavy (non-hydrogen) atoms. The summed E-state index contributed by atoms with van der Waals surface area (Å²) in [5.74, 6) is 0.841. The highest BCUT2D eigenvalue weighted by atomic mass is 35.5. The number of hydrogen-bond acceptors (Lipinski definition) is 3. The molecule has 2 aromatic carbocycles. The average molecular weight is 365 g/mol. The summed E-state index contributed by atoms with van der Waals surface area (Å²) in [6, 6.07) is 13.1. The lowest BCUT2D eigenvalue weighted by Crippen LogP contribution is -2.00. The van der Waals surface area contributed by atoms with Crippen LogP contribution in [0.5, 0.6) is 5.75 Å². The van der Waals surface area contributed by atoms with Crippen molar-refractivity contribution >= 4 is 35.1 Å². The molecule has 0 aliphatic rings. The fourth-order valence-corrected chi connectivity index (χ4v) is 2.47. The van der Waals surface area contributed by atoms with Gasteiger partial charge in [0, 0.05) is 5.56 Å². The molecule has 2 rings (SSSR count). The van der Waals surface area contributed by atoms with Crippen molar-refractivity contribution in [1.29, 1.82) is 0 Å². The number of nitrogens with zero attached hydrogens (tertiary/aromatic N) is 1. The van der Waals surface area contributed by atoms with E-state index in [-0.39, 0.29) is 0 Å². The molecule has 3 nitrogen and oxygen atoms in total. The van der Waals surface area contributed by atoms with Gasteiger partial charge in [-0.25, -0.2) is 0 Å². The number of hydrazone groups is 1. The minimum atomic E-state index is 0.493. The number of ether oxygens (including phenoxy) is 1. The number of unbranched alkanes of at least 4 members (excludes halogenated alkanes) is 3. The van der Waals surface area contributed by atoms with Gasteiger partial charge < -0.3 is 4.74 Å². The molecule has 2 aromatic rings. The average Bonchev–Trinajstić information content (AvgIpc) is 2.59. The van der Waals surface area contributed by atoms with Gasteiger partial charge in [-0.05, 0) is 36.8 Å². The smallest absolute Gasteiger partial charge is 0.128 e. The first-order chi connectivity index (χ1) is 11.7. The Bertz CT molecular complexity index is 674. The molecular formula is C19H22Cl2N2O. The third kappa shape index (κ3) is 6.06. The minimum absolute atomic E-state index is 0.493. The maximum Gasteiger partial charge on any atom is 0.128 e. The molecule has 0 amide bonds. The van der Waals surface area contributed by atoms with Crippen molar-refractivity contribution in [3.8, 4) is 5.75 Å². The maximum atomic E-state index is 5.98. The number of anilines is 1. The molecule has 0 aliphatic heterocycles. The predicted molar refractivity (Wildman–Crippen MR) is 104 cm³/mol. The van der Waals surface area contributed by atoms with Gasteiger partial charge in [0.1, 0.15) is 5.75 Å². The van der Waals surface area contributed by atoms with E-state index in [0.717, 1.165) is 30.0 Å². The van der Waals surface area contributed by atoms with Gasteiger partial charge in [0.15, 0.2) is 0 Å². The molecule has 0 saturated carbocycles. The van der Waals surface area contributed by atoms with Crippen LogP contribution in [0.3, 0.4) is 0 Å². The van der Waals surface area contributed by atoms with Crippen molar-refractivity contribution in [1.82, 2.24) is 0 Å². The minimum Gasteiger partial charge on any atom is -0.493 e. The van der Waals surface area contributed by atoms with Gasteiger partial charge in [0.2, 0.25) is 0 Å². The number of para-hydroxylation sites is 1. The summed E-state index contributed by atoms with van der Waals surface area (Å²) in [6.07, 6.45) is 6.49. The number of benzene rings is 2. The molecule has 5 heteroatoms. The molecule has 0 radical (unpaired) electrons. The summed E-state index contributed by atoms with van der Waals surface area (Å²) in [5.41, 5.74) is 4.65. The van der Waals surface area contributed by atoms with Crippen LogP contribution < -0.4 is 10.2 Å². The Labute approximate surface area is 153 Å². The van der Waals surface area contributed by atoms with Crippen molar-refractivity contribution < 1.29 is 4.74 Å². The third-order valence-electron chi connectivity index (χ3n) is 3.49. The molecule has 0 spiro atoms. The van der Waals surface area contributed by atoms with Crippen LogP contribution in [-0.4, -0.2) is 12.8 Å². The molecule has 0 saturated heterocycles. The van der Waals surface area contributed by atoms with Gasteiger partial charge in [0.05, 0.1) is 28.6 Å². The van der Waals surface area contributed by atoms with Crippen LogP contribution in [0.4, 0.5) is 5.69 Å². The van der Waals surface area contributed by atoms with Crippen molar-refractivity contribution in [3.63, 3.8) is 0 Å². The highest BCUT2D eigenvalue weighted by Crippen LogP contribution is 2.25. The number of hydrogen-bond donors (Lipinski definition) is 1. The second kappa shape index (κ2) is 10.2. The van der Waals surface area contributed by atoms with Crippen LogP contribution in [-0.2, 0) is 0 Å². The van der Waals surface area contributed by atoms with Gasteiger partial charge in [0.25, 0.3) is 0 Å². The Balaban J connectivity index is 1.92. The standard InChI is InChI=1S/C19H22Cl2N2O/c1-2-3-4-7-12-24-19-9-6-5-8-15(19)14-22-23-16-10-11-17(20)18(21)13-16/h5-6,8-11,13-14,23H,2-4,7,12H2,1H3. The summed E-state index contributed by atoms with van der Waals surface area (Å²) >= 11 is 11.9. The van der Waals surface area contributed by atoms with Crippen molar-refractivity contribution in [2.75, 3.05) is 12.0 Å². The van der Waals surface area contributed by atoms with E-state index in [1.807, 2.05) is 30.3 Å². The first-order valence-electron chi connectivity index (χ1n) is 8.16. The topological polar surface area (TPSA) is 33.6 Å². The predicted octanol–water partition coefficient (Wildman–Crippen LogP) is 6.40. The number of rotatable bonds is 9. The van der Waals surface area contributed by atoms with E-state index in [1.54, 1.807) is 18.3 Å². The van der Waals surface area contributed by atoms with E-state index in [2.05, 4.69) is 17.5 Å². The van der Waals surface area contributed by atoms with Crippen LogP contribution in [0.2, 0.25) is 10.0 Å². The first-order valence-corrected chi connectivity index (χ1v) is 8.92. The molecule has 0 unspecified atom stereocenters. The summed E-state index contributed by atoms with van der Waals surface area (Å²) in [5, 5.41) is 5.26. The van der Waals surface area contributed by atoms with Crippen LogP contribution in [0.1, 0.15) is 38.2 Å². The summed E-state index contributed by atoms with van der Waals surface area (Å²) in [7, 11) is 0. The third-order valence-corrected chi connectivity index (χ3v) is 4.23. The fourth-order valence-electron chi connectivity index (χ4n) is 2.17. The van der Waals surface area contributed by atoms with Crippen molar-refractivity contribution in [2.24, 2.45) is 5.10 Å². The van der Waals surface area contributed by atoms with Gasteiger partial charge >= 0.3 is 0 Å². The zero-order valence-corrected chi connectivity index (χ0v) is 15.3. The van der Waals surface area contributed by atoms with E-state index in [0.29, 0.717) is 10.0 Å². The van der Waals surface area contributed by atoms with Gasteiger partial charge in [-0.2, -0.15) is 5.10 Å². The zero-order chi connectivity index (χ0) is 17.2. The maximum absolute atomic E-state index is 5.98. The molecule has 0 aromatic heterocycles. The Morgan fingerprint density at radius 2 is 1.88 bits per heavy atom. The summed E-state index contributed by atoms with van der Waals surface area (Å²) < 4.78 is 5.86. The van der Waals surface area contributed by atoms with Crippen LogP contribution in [0, 0.1) is 0 Å². The molecule has 0 bridgehead atoms. The zero-order valence-electron chi connectivity index (χ0n) is 13.8. The molecule has 0 aliphatic carbocycles. The SMILES string of the molecule is CCCCCCOc1ccccc1C=NNc1ccc(Cl)c(Cl)c1. The molecule has 1 N–H and O–H groups in total. The molecule has 128 valence electrons. The highest BCUT2D eigenvalue weighted by molar-refractivity contribution is 6.42. The second-order valence-corrected chi connectivity index (χ2v) is 6.26. The van der Waals surface area contributed by atoms with Crippen LogP contribution >= 0.6 is 23.2 Å². The Hall–Kier alpha value is -1.71. The first kappa shape index (κ1) is 18.6. The molecule has 0 heterocycles. The van der Waals surface area contributed by atoms with Gasteiger partial charge in [-0.3, -0.25) is 5.43 Å². The molecular weight excluding hydrogens is 343 g/mol. The highest BCUT2D eigenvalue weighted by Gasteiger charge is 2.01. The lowest BCUT2D eigenvalue weighted by atomic mass is 10.2. The van der Waals surface area contributed by atoms with Crippen molar-refractivity contribution in [2.45, 2.75) is 32.6 Å². The normalized spacial score (nSPS) is 11.0. The van der Waals surface area contributed by atoms with E-state index in [4.69, 9.17) is 27.9 Å². The number of nitrogens with one attached hydrogen (secondary N) is 1. The second-order valence-electron chi connectivity index (χ2n) is 5.45. The molecule has 0 atom stereocenters. The Kier molecular flexibility index (Phi) is 7.93. The lowest BCUT2D eigenvalue weighted by Gasteiger charge is -2.08. The van der Waals surface area contributed by atoms with Crippen LogP contribution in [0.25, 0.3) is 0 Å². The molecule has 0 fully saturated rings. The van der Waals surface area contributed by atoms with E-state index in [9.17, 15) is 0 Å². The van der Waals surface area contributed by atoms with Crippen molar-refractivity contribution in [3.05, 3.63) is 58.1 Å². The quantitative estimate of drug-likeness (QED) is 0.317. The largest absolute Gasteiger partial charge is 0.493 e. The Morgan fingerprint density at radius 1 is 1.04 bits per heavy atom. The van der Waals surface area contributed by atoms with Gasteiger partial charge in [-0.15, -0.1) is 0 Å². The summed E-state index contributed by atoms with van der Waals surface area (Å²) in [4.78, 5) is 0.